The minimum Gasteiger partial charge on any atom is -0.232 e. The molecule has 0 unspecified atom stereocenters. The normalized spacial score (nSPS) is 8.62. The maximum Gasteiger partial charge on any atom is 0.0585 e. The number of rotatable bonds is 8. The topological polar surface area (TPSA) is 24.7 Å². The maximum atomic E-state index is 4.44. The highest BCUT2D eigenvalue weighted by molar-refractivity contribution is 8.16. The molecule has 0 aromatic heterocycles. The van der Waals surface area contributed by atoms with Gasteiger partial charge in [-0.1, -0.05) is 0 Å². The number of hydrogen-bond donors (Lipinski definition) is 0. The molecule has 0 fully saturated rings. The molecule has 13 heavy (non-hydrogen) atoms. The van der Waals surface area contributed by atoms with Crippen molar-refractivity contribution >= 4 is 58.3 Å². The number of aliphatic imine (C=N–C) groups is 2. The summed E-state index contributed by atoms with van der Waals surface area (Å²) in [7, 11) is 0. The lowest BCUT2D eigenvalue weighted by atomic mass is 10.8. The van der Waals surface area contributed by atoms with Crippen molar-refractivity contribution in [2.24, 2.45) is 9.98 Å². The zero-order valence-corrected chi connectivity index (χ0v) is 10.3. The highest BCUT2D eigenvalue weighted by atomic mass is 32.2. The van der Waals surface area contributed by atoms with Gasteiger partial charge in [-0.15, -0.1) is 23.5 Å². The molecule has 0 aliphatic heterocycles. The third-order valence-corrected chi connectivity index (χ3v) is 3.52. The van der Waals surface area contributed by atoms with Crippen LogP contribution in [0.2, 0.25) is 0 Å². The summed E-state index contributed by atoms with van der Waals surface area (Å²) in [6.45, 7) is 1.54. The van der Waals surface area contributed by atoms with Gasteiger partial charge in [-0.2, -0.15) is 0 Å². The second kappa shape index (κ2) is 12.3. The van der Waals surface area contributed by atoms with Crippen LogP contribution in [0.3, 0.4) is 0 Å². The SMILES string of the molecule is S=C=NCCSCSCCN=C=S. The van der Waals surface area contributed by atoms with Gasteiger partial charge in [0.25, 0.3) is 0 Å². The zero-order valence-electron chi connectivity index (χ0n) is 7.06. The van der Waals surface area contributed by atoms with Crippen molar-refractivity contribution in [2.45, 2.75) is 0 Å². The third-order valence-electron chi connectivity index (χ3n) is 0.991. The number of nitrogens with zero attached hydrogens (tertiary/aromatic N) is 2. The molecule has 0 aliphatic carbocycles. The second-order valence-corrected chi connectivity index (χ2v) is 4.82. The van der Waals surface area contributed by atoms with E-state index >= 15 is 0 Å². The largest absolute Gasteiger partial charge is 0.232 e. The molecular formula is C7H10N2S4. The molecule has 0 aliphatic rings. The maximum absolute atomic E-state index is 4.44. The Kier molecular flexibility index (Phi) is 12.6. The molecule has 0 saturated carbocycles. The molecule has 0 aromatic carbocycles. The molecule has 0 N–H and O–H groups in total. The summed E-state index contributed by atoms with van der Waals surface area (Å²) in [5.41, 5.74) is 0. The molecule has 0 spiro atoms. The summed E-state index contributed by atoms with van der Waals surface area (Å²) >= 11 is 12.6. The van der Waals surface area contributed by atoms with E-state index in [0.717, 1.165) is 29.7 Å². The van der Waals surface area contributed by atoms with Crippen molar-refractivity contribution in [3.63, 3.8) is 0 Å². The van der Waals surface area contributed by atoms with Crippen molar-refractivity contribution in [1.29, 1.82) is 0 Å². The molecule has 0 bridgehead atoms. The quantitative estimate of drug-likeness (QED) is 0.286. The molecule has 0 rings (SSSR count). The standard InChI is InChI=1S/C7H10N2S4/c10-5-8-1-3-12-7-13-4-2-9-6-11/h1-4,7H2. The summed E-state index contributed by atoms with van der Waals surface area (Å²) in [6, 6.07) is 0. The van der Waals surface area contributed by atoms with Gasteiger partial charge in [0, 0.05) is 16.6 Å². The molecule has 6 heteroatoms. The monoisotopic (exact) mass is 250 g/mol. The van der Waals surface area contributed by atoms with Gasteiger partial charge in [-0.3, -0.25) is 0 Å². The summed E-state index contributed by atoms with van der Waals surface area (Å²) in [5, 5.41) is 5.75. The van der Waals surface area contributed by atoms with Gasteiger partial charge in [-0.25, -0.2) is 9.98 Å². The summed E-state index contributed by atoms with van der Waals surface area (Å²) in [6.07, 6.45) is 0. The zero-order chi connectivity index (χ0) is 9.78. The van der Waals surface area contributed by atoms with E-state index in [4.69, 9.17) is 0 Å². The Morgan fingerprint density at radius 3 is 1.77 bits per heavy atom. The minimum absolute atomic E-state index is 0.771. The lowest BCUT2D eigenvalue weighted by Crippen LogP contribution is -1.88. The molecule has 72 valence electrons. The van der Waals surface area contributed by atoms with Crippen molar-refractivity contribution in [2.75, 3.05) is 29.7 Å². The fourth-order valence-electron chi connectivity index (χ4n) is 0.488. The Morgan fingerprint density at radius 2 is 1.38 bits per heavy atom. The van der Waals surface area contributed by atoms with Crippen LogP contribution in [0.1, 0.15) is 0 Å². The van der Waals surface area contributed by atoms with Gasteiger partial charge in [0.15, 0.2) is 0 Å². The van der Waals surface area contributed by atoms with E-state index in [1.165, 1.54) is 0 Å². The molecule has 0 heterocycles. The van der Waals surface area contributed by atoms with E-state index in [1.807, 2.05) is 23.5 Å². The van der Waals surface area contributed by atoms with Gasteiger partial charge < -0.3 is 0 Å². The van der Waals surface area contributed by atoms with Crippen LogP contribution in [0, 0.1) is 0 Å². The molecular weight excluding hydrogens is 240 g/mol. The van der Waals surface area contributed by atoms with Crippen LogP contribution in [-0.4, -0.2) is 40.0 Å². The van der Waals surface area contributed by atoms with Crippen LogP contribution < -0.4 is 0 Å². The van der Waals surface area contributed by atoms with Gasteiger partial charge in [0.05, 0.1) is 23.4 Å². The summed E-state index contributed by atoms with van der Waals surface area (Å²) in [4.78, 5) is 7.62. The Hall–Kier alpha value is 0.300. The second-order valence-electron chi connectivity index (χ2n) is 1.88. The molecule has 0 saturated heterocycles. The van der Waals surface area contributed by atoms with Crippen LogP contribution in [0.5, 0.6) is 0 Å². The highest BCUT2D eigenvalue weighted by Crippen LogP contribution is 2.10. The highest BCUT2D eigenvalue weighted by Gasteiger charge is 1.88. The van der Waals surface area contributed by atoms with Crippen molar-refractivity contribution in [3.8, 4) is 0 Å². The van der Waals surface area contributed by atoms with E-state index in [0.29, 0.717) is 0 Å². The van der Waals surface area contributed by atoms with E-state index in [2.05, 4.69) is 44.7 Å². The number of hydrogen-bond acceptors (Lipinski definition) is 6. The fourth-order valence-corrected chi connectivity index (χ4v) is 2.53. The first-order valence-electron chi connectivity index (χ1n) is 3.64. The molecule has 0 amide bonds. The van der Waals surface area contributed by atoms with E-state index in [-0.39, 0.29) is 0 Å². The first kappa shape index (κ1) is 13.3. The van der Waals surface area contributed by atoms with E-state index in [1.54, 1.807) is 0 Å². The van der Waals surface area contributed by atoms with Gasteiger partial charge >= 0.3 is 0 Å². The fraction of sp³-hybridized carbons (Fsp3) is 0.714. The van der Waals surface area contributed by atoms with Crippen molar-refractivity contribution in [3.05, 3.63) is 0 Å². The Morgan fingerprint density at radius 1 is 0.923 bits per heavy atom. The number of isothiocyanates is 2. The first-order chi connectivity index (χ1) is 6.41. The van der Waals surface area contributed by atoms with Crippen LogP contribution in [0.4, 0.5) is 0 Å². The van der Waals surface area contributed by atoms with Crippen LogP contribution in [-0.2, 0) is 0 Å². The lowest BCUT2D eigenvalue weighted by molar-refractivity contribution is 1.16. The molecule has 0 atom stereocenters. The van der Waals surface area contributed by atoms with Gasteiger partial charge in [0.2, 0.25) is 0 Å². The number of thiocarbonyl (C=S) groups is 2. The smallest absolute Gasteiger partial charge is 0.0585 e. The molecule has 0 radical (unpaired) electrons. The van der Waals surface area contributed by atoms with Crippen LogP contribution >= 0.6 is 48.0 Å². The van der Waals surface area contributed by atoms with Crippen molar-refractivity contribution < 1.29 is 0 Å². The average molecular weight is 250 g/mol. The van der Waals surface area contributed by atoms with Crippen LogP contribution in [0.15, 0.2) is 9.98 Å². The van der Waals surface area contributed by atoms with Gasteiger partial charge in [0.1, 0.15) is 0 Å². The summed E-state index contributed by atoms with van der Waals surface area (Å²) < 4.78 is 0. The molecule has 2 nitrogen and oxygen atoms in total. The van der Waals surface area contributed by atoms with E-state index in [9.17, 15) is 0 Å². The first-order valence-corrected chi connectivity index (χ1v) is 6.77. The predicted molar refractivity (Wildman–Crippen MR) is 69.6 cm³/mol. The Bertz CT molecular complexity index is 185. The Labute approximate surface area is 97.7 Å². The van der Waals surface area contributed by atoms with Gasteiger partial charge in [-0.05, 0) is 24.4 Å². The molecule has 0 aromatic rings. The number of thioether (sulfide) groups is 2. The minimum atomic E-state index is 0.771. The summed E-state index contributed by atoms with van der Waals surface area (Å²) in [5.74, 6) is 2.01. The van der Waals surface area contributed by atoms with E-state index < -0.39 is 0 Å². The van der Waals surface area contributed by atoms with Crippen LogP contribution in [0.25, 0.3) is 0 Å². The average Bonchev–Trinajstić information content (AvgIpc) is 2.16. The predicted octanol–water partition coefficient (Wildman–Crippen LogP) is 2.62. The lowest BCUT2D eigenvalue weighted by Gasteiger charge is -1.96. The third kappa shape index (κ3) is 12.3. The van der Waals surface area contributed by atoms with Crippen molar-refractivity contribution in [1.82, 2.24) is 0 Å². The Balaban J connectivity index is 2.99.